The van der Waals surface area contributed by atoms with Crippen molar-refractivity contribution < 1.29 is 13.6 Å². The first kappa shape index (κ1) is 17.1. The molecular weight excluding hydrogens is 348 g/mol. The standard InChI is InChI=1S/C21H17F2N3O/c22-16-7-3-8-17(23)20(16)25-21(27)15-10-11-24-19(13-15)26-12-4-6-14-5-1-2-9-18(14)26/h1-3,5,7-11,13H,4,6,12H2,(H,25,27). The van der Waals surface area contributed by atoms with Gasteiger partial charge in [-0.3, -0.25) is 4.79 Å². The number of para-hydroxylation sites is 2. The second kappa shape index (κ2) is 7.15. The number of halogens is 2. The van der Waals surface area contributed by atoms with Crippen molar-refractivity contribution in [3.05, 3.63) is 83.6 Å². The van der Waals surface area contributed by atoms with Crippen molar-refractivity contribution in [3.63, 3.8) is 0 Å². The molecule has 27 heavy (non-hydrogen) atoms. The predicted octanol–water partition coefficient (Wildman–Crippen LogP) is 4.70. The lowest BCUT2D eigenvalue weighted by atomic mass is 10.0. The van der Waals surface area contributed by atoms with Crippen LogP contribution in [-0.4, -0.2) is 17.4 Å². The fraction of sp³-hybridized carbons (Fsp3) is 0.143. The van der Waals surface area contributed by atoms with E-state index in [9.17, 15) is 13.6 Å². The second-order valence-corrected chi connectivity index (χ2v) is 6.34. The van der Waals surface area contributed by atoms with Gasteiger partial charge in [-0.1, -0.05) is 24.3 Å². The molecule has 0 radical (unpaired) electrons. The molecule has 0 atom stereocenters. The van der Waals surface area contributed by atoms with Crippen LogP contribution < -0.4 is 10.2 Å². The molecule has 4 nitrogen and oxygen atoms in total. The number of amides is 1. The normalized spacial score (nSPS) is 13.2. The number of carbonyl (C=O) groups excluding carboxylic acids is 1. The molecule has 0 fully saturated rings. The number of aromatic nitrogens is 1. The largest absolute Gasteiger partial charge is 0.326 e. The Hall–Kier alpha value is -3.28. The Kier molecular flexibility index (Phi) is 4.54. The molecule has 6 heteroatoms. The van der Waals surface area contributed by atoms with E-state index < -0.39 is 23.2 Å². The van der Waals surface area contributed by atoms with Gasteiger partial charge in [0.1, 0.15) is 23.1 Å². The number of carbonyl (C=O) groups is 1. The molecule has 1 N–H and O–H groups in total. The Labute approximate surface area is 155 Å². The Morgan fingerprint density at radius 1 is 1.04 bits per heavy atom. The Morgan fingerprint density at radius 2 is 1.81 bits per heavy atom. The number of fused-ring (bicyclic) bond motifs is 1. The molecule has 1 aromatic heterocycles. The van der Waals surface area contributed by atoms with Gasteiger partial charge in [-0.15, -0.1) is 0 Å². The third-order valence-corrected chi connectivity index (χ3v) is 4.60. The number of benzene rings is 2. The highest BCUT2D eigenvalue weighted by Crippen LogP contribution is 2.32. The van der Waals surface area contributed by atoms with Gasteiger partial charge in [0.2, 0.25) is 0 Å². The molecule has 3 aromatic rings. The first-order valence-corrected chi connectivity index (χ1v) is 8.70. The number of nitrogens with zero attached hydrogens (tertiary/aromatic N) is 2. The van der Waals surface area contributed by atoms with Crippen LogP contribution in [0.2, 0.25) is 0 Å². The fourth-order valence-corrected chi connectivity index (χ4v) is 3.28. The van der Waals surface area contributed by atoms with Crippen molar-refractivity contribution in [2.75, 3.05) is 16.8 Å². The number of hydrogen-bond donors (Lipinski definition) is 1. The summed E-state index contributed by atoms with van der Waals surface area (Å²) in [7, 11) is 0. The van der Waals surface area contributed by atoms with Crippen LogP contribution in [0.3, 0.4) is 0 Å². The molecule has 136 valence electrons. The van der Waals surface area contributed by atoms with Crippen molar-refractivity contribution in [3.8, 4) is 0 Å². The number of pyridine rings is 1. The van der Waals surface area contributed by atoms with Crippen molar-refractivity contribution in [2.24, 2.45) is 0 Å². The third kappa shape index (κ3) is 3.38. The molecule has 0 saturated carbocycles. The van der Waals surface area contributed by atoms with Crippen molar-refractivity contribution in [1.29, 1.82) is 0 Å². The van der Waals surface area contributed by atoms with E-state index in [0.717, 1.165) is 37.2 Å². The summed E-state index contributed by atoms with van der Waals surface area (Å²) in [4.78, 5) is 18.9. The number of aryl methyl sites for hydroxylation is 1. The zero-order valence-corrected chi connectivity index (χ0v) is 14.5. The van der Waals surface area contributed by atoms with E-state index in [2.05, 4.69) is 21.3 Å². The van der Waals surface area contributed by atoms with E-state index in [1.807, 2.05) is 18.2 Å². The molecule has 0 spiro atoms. The van der Waals surface area contributed by atoms with E-state index in [4.69, 9.17) is 0 Å². The average molecular weight is 365 g/mol. The van der Waals surface area contributed by atoms with E-state index in [-0.39, 0.29) is 5.56 Å². The number of hydrogen-bond acceptors (Lipinski definition) is 3. The van der Waals surface area contributed by atoms with Gasteiger partial charge in [-0.05, 0) is 48.7 Å². The maximum Gasteiger partial charge on any atom is 0.256 e. The smallest absolute Gasteiger partial charge is 0.256 e. The van der Waals surface area contributed by atoms with E-state index in [0.29, 0.717) is 5.82 Å². The Morgan fingerprint density at radius 3 is 2.63 bits per heavy atom. The summed E-state index contributed by atoms with van der Waals surface area (Å²) in [5, 5.41) is 2.31. The van der Waals surface area contributed by atoms with Gasteiger partial charge in [-0.2, -0.15) is 0 Å². The first-order chi connectivity index (χ1) is 13.1. The second-order valence-electron chi connectivity index (χ2n) is 6.34. The molecule has 2 aromatic carbocycles. The summed E-state index contributed by atoms with van der Waals surface area (Å²) in [6, 6.07) is 14.7. The molecule has 1 aliphatic heterocycles. The molecule has 4 rings (SSSR count). The minimum absolute atomic E-state index is 0.283. The Balaban J connectivity index is 1.63. The maximum atomic E-state index is 13.8. The number of rotatable bonds is 3. The van der Waals surface area contributed by atoms with Gasteiger partial charge in [0, 0.05) is 24.0 Å². The lowest BCUT2D eigenvalue weighted by molar-refractivity contribution is 0.102. The highest BCUT2D eigenvalue weighted by atomic mass is 19.1. The highest BCUT2D eigenvalue weighted by Gasteiger charge is 2.20. The molecule has 0 aliphatic carbocycles. The molecule has 1 aliphatic rings. The van der Waals surface area contributed by atoms with Crippen LogP contribution in [0, 0.1) is 11.6 Å². The maximum absolute atomic E-state index is 13.8. The highest BCUT2D eigenvalue weighted by molar-refractivity contribution is 6.04. The summed E-state index contributed by atoms with van der Waals surface area (Å²) in [5.74, 6) is -1.60. The molecular formula is C21H17F2N3O. The quantitative estimate of drug-likeness (QED) is 0.732. The lowest BCUT2D eigenvalue weighted by Gasteiger charge is -2.30. The summed E-state index contributed by atoms with van der Waals surface area (Å²) >= 11 is 0. The first-order valence-electron chi connectivity index (χ1n) is 8.70. The van der Waals surface area contributed by atoms with Crippen LogP contribution in [0.4, 0.5) is 26.0 Å². The topological polar surface area (TPSA) is 45.2 Å². The predicted molar refractivity (Wildman–Crippen MR) is 100 cm³/mol. The van der Waals surface area contributed by atoms with E-state index in [1.165, 1.54) is 23.9 Å². The summed E-state index contributed by atoms with van der Waals surface area (Å²) < 4.78 is 27.6. The lowest BCUT2D eigenvalue weighted by Crippen LogP contribution is -2.25. The van der Waals surface area contributed by atoms with Gasteiger partial charge >= 0.3 is 0 Å². The number of nitrogens with one attached hydrogen (secondary N) is 1. The molecule has 0 unspecified atom stereocenters. The number of anilines is 3. The zero-order chi connectivity index (χ0) is 18.8. The minimum atomic E-state index is -0.817. The fourth-order valence-electron chi connectivity index (χ4n) is 3.28. The van der Waals surface area contributed by atoms with E-state index >= 15 is 0 Å². The van der Waals surface area contributed by atoms with Crippen LogP contribution in [0.25, 0.3) is 0 Å². The monoisotopic (exact) mass is 365 g/mol. The van der Waals surface area contributed by atoms with Crippen molar-refractivity contribution >= 4 is 23.1 Å². The van der Waals surface area contributed by atoms with Crippen LogP contribution in [0.5, 0.6) is 0 Å². The van der Waals surface area contributed by atoms with Crippen LogP contribution in [-0.2, 0) is 6.42 Å². The third-order valence-electron chi connectivity index (χ3n) is 4.60. The Bertz CT molecular complexity index is 986. The SMILES string of the molecule is O=C(Nc1c(F)cccc1F)c1ccnc(N2CCCc3ccccc32)c1. The molecule has 0 bridgehead atoms. The summed E-state index contributed by atoms with van der Waals surface area (Å²) in [6.45, 7) is 0.789. The van der Waals surface area contributed by atoms with Gasteiger partial charge in [0.05, 0.1) is 0 Å². The van der Waals surface area contributed by atoms with Crippen LogP contribution in [0.1, 0.15) is 22.3 Å². The minimum Gasteiger partial charge on any atom is -0.326 e. The van der Waals surface area contributed by atoms with Gasteiger partial charge < -0.3 is 10.2 Å². The zero-order valence-electron chi connectivity index (χ0n) is 14.5. The van der Waals surface area contributed by atoms with Gasteiger partial charge in [0.25, 0.3) is 5.91 Å². The van der Waals surface area contributed by atoms with Gasteiger partial charge in [-0.25, -0.2) is 13.8 Å². The van der Waals surface area contributed by atoms with E-state index in [1.54, 1.807) is 6.07 Å². The van der Waals surface area contributed by atoms with Crippen molar-refractivity contribution in [2.45, 2.75) is 12.8 Å². The molecule has 0 saturated heterocycles. The summed E-state index contributed by atoms with van der Waals surface area (Å²) in [6.07, 6.45) is 3.51. The molecule has 1 amide bonds. The van der Waals surface area contributed by atoms with Gasteiger partial charge in [0.15, 0.2) is 0 Å². The summed E-state index contributed by atoms with van der Waals surface area (Å²) in [5.41, 5.74) is 2.12. The van der Waals surface area contributed by atoms with Crippen LogP contribution in [0.15, 0.2) is 60.8 Å². The van der Waals surface area contributed by atoms with Crippen molar-refractivity contribution in [1.82, 2.24) is 4.98 Å². The average Bonchev–Trinajstić information content (AvgIpc) is 2.70. The molecule has 2 heterocycles. The van der Waals surface area contributed by atoms with Crippen LogP contribution >= 0.6 is 0 Å².